The molecular formula is C21H29N5O3S. The lowest BCUT2D eigenvalue weighted by molar-refractivity contribution is 0.393. The summed E-state index contributed by atoms with van der Waals surface area (Å²) in [6.07, 6.45) is 4.63. The summed E-state index contributed by atoms with van der Waals surface area (Å²) in [5.74, 6) is 1.25. The zero-order valence-electron chi connectivity index (χ0n) is 17.9. The van der Waals surface area contributed by atoms with Crippen LogP contribution in [0.2, 0.25) is 0 Å². The molecule has 8 nitrogen and oxygen atoms in total. The van der Waals surface area contributed by atoms with Gasteiger partial charge in [0.15, 0.2) is 0 Å². The molecule has 0 bridgehead atoms. The van der Waals surface area contributed by atoms with Crippen molar-refractivity contribution < 1.29 is 12.9 Å². The molecule has 1 unspecified atom stereocenters. The number of nitrogens with zero attached hydrogens (tertiary/aromatic N) is 2. The number of hydrogen-bond donors (Lipinski definition) is 3. The molecule has 1 aliphatic carbocycles. The van der Waals surface area contributed by atoms with Crippen LogP contribution in [-0.2, 0) is 10.0 Å². The van der Waals surface area contributed by atoms with Gasteiger partial charge in [-0.15, -0.1) is 0 Å². The van der Waals surface area contributed by atoms with Crippen LogP contribution in [0, 0.1) is 13.8 Å². The molecule has 2 heterocycles. The molecule has 2 aromatic heterocycles. The van der Waals surface area contributed by atoms with Gasteiger partial charge in [-0.2, -0.15) is 0 Å². The predicted octanol–water partition coefficient (Wildman–Crippen LogP) is 4.27. The van der Waals surface area contributed by atoms with Crippen LogP contribution in [0.4, 0.5) is 5.95 Å². The highest BCUT2D eigenvalue weighted by atomic mass is 32.2. The van der Waals surface area contributed by atoms with Crippen molar-refractivity contribution in [3.8, 4) is 11.1 Å². The van der Waals surface area contributed by atoms with Gasteiger partial charge < -0.3 is 14.8 Å². The average molecular weight is 432 g/mol. The fourth-order valence-corrected chi connectivity index (χ4v) is 5.34. The van der Waals surface area contributed by atoms with E-state index in [2.05, 4.69) is 32.1 Å². The highest BCUT2D eigenvalue weighted by Crippen LogP contribution is 2.34. The van der Waals surface area contributed by atoms with Gasteiger partial charge in [-0.05, 0) is 57.2 Å². The molecule has 1 aliphatic rings. The fraction of sp³-hybridized carbons (Fsp3) is 0.524. The Balaban J connectivity index is 1.85. The summed E-state index contributed by atoms with van der Waals surface area (Å²) in [4.78, 5) is 8.00. The lowest BCUT2D eigenvalue weighted by Crippen LogP contribution is -2.34. The smallest absolute Gasteiger partial charge is 0.243 e. The molecule has 0 radical (unpaired) electrons. The Morgan fingerprint density at radius 2 is 2.03 bits per heavy atom. The molecule has 3 N–H and O–H groups in total. The van der Waals surface area contributed by atoms with Crippen LogP contribution in [0.3, 0.4) is 0 Å². The molecular weight excluding hydrogens is 402 g/mol. The van der Waals surface area contributed by atoms with Gasteiger partial charge in [0, 0.05) is 17.6 Å². The summed E-state index contributed by atoms with van der Waals surface area (Å²) in [5, 5.41) is 7.35. The van der Waals surface area contributed by atoms with E-state index in [4.69, 9.17) is 4.52 Å². The molecule has 0 aliphatic heterocycles. The van der Waals surface area contributed by atoms with E-state index >= 15 is 0 Å². The molecule has 0 spiro atoms. The van der Waals surface area contributed by atoms with Gasteiger partial charge in [-0.1, -0.05) is 25.4 Å². The van der Waals surface area contributed by atoms with Gasteiger partial charge >= 0.3 is 0 Å². The third kappa shape index (κ3) is 4.09. The first kappa shape index (κ1) is 20.9. The summed E-state index contributed by atoms with van der Waals surface area (Å²) in [6, 6.07) is 3.88. The van der Waals surface area contributed by atoms with Crippen LogP contribution in [0.1, 0.15) is 57.4 Å². The van der Waals surface area contributed by atoms with Crippen molar-refractivity contribution in [2.24, 2.45) is 0 Å². The van der Waals surface area contributed by atoms with Crippen molar-refractivity contribution >= 4 is 27.0 Å². The van der Waals surface area contributed by atoms with Crippen molar-refractivity contribution in [2.75, 3.05) is 5.32 Å². The van der Waals surface area contributed by atoms with E-state index in [1.807, 2.05) is 26.8 Å². The van der Waals surface area contributed by atoms with Gasteiger partial charge in [0.2, 0.25) is 16.0 Å². The molecule has 1 atom stereocenters. The van der Waals surface area contributed by atoms with E-state index in [9.17, 15) is 8.42 Å². The maximum atomic E-state index is 13.4. The average Bonchev–Trinajstić information content (AvgIpc) is 3.31. The minimum Gasteiger partial charge on any atom is -0.361 e. The number of benzene rings is 1. The summed E-state index contributed by atoms with van der Waals surface area (Å²) < 4.78 is 35.0. The summed E-state index contributed by atoms with van der Waals surface area (Å²) in [5.41, 5.74) is 3.37. The largest absolute Gasteiger partial charge is 0.361 e. The van der Waals surface area contributed by atoms with Gasteiger partial charge in [0.25, 0.3) is 0 Å². The summed E-state index contributed by atoms with van der Waals surface area (Å²) in [7, 11) is -3.77. The molecule has 4 rings (SSSR count). The lowest BCUT2D eigenvalue weighted by Gasteiger charge is -2.17. The highest BCUT2D eigenvalue weighted by Gasteiger charge is 2.27. The third-order valence-electron chi connectivity index (χ3n) is 5.53. The molecule has 162 valence electrons. The van der Waals surface area contributed by atoms with Crippen molar-refractivity contribution in [3.05, 3.63) is 23.6 Å². The molecule has 30 heavy (non-hydrogen) atoms. The van der Waals surface area contributed by atoms with Crippen LogP contribution < -0.4 is 10.0 Å². The molecule has 0 saturated heterocycles. The zero-order chi connectivity index (χ0) is 21.5. The standard InChI is InChI=1S/C21H29N5O3S/c1-5-7-15(6-2)26-30(27,28)18-11-14(19-12(3)25-29-13(19)4)10-17-20(18)24-21(23-17)22-16-8-9-16/h10-11,15-16,26H,5-9H2,1-4H3,(H2,22,23,24). The maximum absolute atomic E-state index is 13.4. The number of H-pyrrole nitrogens is 1. The maximum Gasteiger partial charge on any atom is 0.243 e. The van der Waals surface area contributed by atoms with Crippen molar-refractivity contribution in [2.45, 2.75) is 76.8 Å². The summed E-state index contributed by atoms with van der Waals surface area (Å²) in [6.45, 7) is 7.72. The molecule has 1 fully saturated rings. The first-order valence-corrected chi connectivity index (χ1v) is 12.1. The number of hydrogen-bond acceptors (Lipinski definition) is 6. The van der Waals surface area contributed by atoms with Crippen LogP contribution in [0.15, 0.2) is 21.6 Å². The Bertz CT molecular complexity index is 1140. The number of aromatic amines is 1. The molecule has 0 amide bonds. The Kier molecular flexibility index (Phi) is 5.59. The van der Waals surface area contributed by atoms with E-state index in [1.54, 1.807) is 6.07 Å². The minimum absolute atomic E-state index is 0.110. The van der Waals surface area contributed by atoms with Gasteiger partial charge in [0.1, 0.15) is 16.2 Å². The number of rotatable bonds is 9. The molecule has 1 aromatic carbocycles. The molecule has 9 heteroatoms. The number of aromatic nitrogens is 3. The van der Waals surface area contributed by atoms with Gasteiger partial charge in [0.05, 0.1) is 11.2 Å². The van der Waals surface area contributed by atoms with Crippen LogP contribution >= 0.6 is 0 Å². The van der Waals surface area contributed by atoms with E-state index in [0.29, 0.717) is 28.8 Å². The number of sulfonamides is 1. The summed E-state index contributed by atoms with van der Waals surface area (Å²) >= 11 is 0. The second kappa shape index (κ2) is 8.03. The number of nitrogens with one attached hydrogen (secondary N) is 3. The van der Waals surface area contributed by atoms with Crippen molar-refractivity contribution in [1.29, 1.82) is 0 Å². The van der Waals surface area contributed by atoms with Crippen LogP contribution in [0.5, 0.6) is 0 Å². The minimum atomic E-state index is -3.77. The predicted molar refractivity (Wildman–Crippen MR) is 117 cm³/mol. The third-order valence-corrected chi connectivity index (χ3v) is 7.07. The zero-order valence-corrected chi connectivity index (χ0v) is 18.7. The van der Waals surface area contributed by atoms with E-state index in [0.717, 1.165) is 48.9 Å². The number of anilines is 1. The number of fused-ring (bicyclic) bond motifs is 1. The van der Waals surface area contributed by atoms with Crippen LogP contribution in [-0.4, -0.2) is 35.6 Å². The molecule has 3 aromatic rings. The Morgan fingerprint density at radius 3 is 2.63 bits per heavy atom. The Labute approximate surface area is 176 Å². The van der Waals surface area contributed by atoms with Crippen LogP contribution in [0.25, 0.3) is 22.2 Å². The van der Waals surface area contributed by atoms with Gasteiger partial charge in [-0.3, -0.25) is 0 Å². The lowest BCUT2D eigenvalue weighted by atomic mass is 10.0. The molecule has 1 saturated carbocycles. The quantitative estimate of drug-likeness (QED) is 0.466. The SMILES string of the molecule is CCCC(CC)NS(=O)(=O)c1cc(-c2c(C)noc2C)cc2[nH]c(NC3CC3)nc12. The fourth-order valence-electron chi connectivity index (χ4n) is 3.80. The van der Waals surface area contributed by atoms with Crippen molar-refractivity contribution in [1.82, 2.24) is 19.8 Å². The first-order valence-electron chi connectivity index (χ1n) is 10.6. The van der Waals surface area contributed by atoms with E-state index in [-0.39, 0.29) is 10.9 Å². The second-order valence-electron chi connectivity index (χ2n) is 8.09. The Hall–Kier alpha value is -2.39. The van der Waals surface area contributed by atoms with Gasteiger partial charge in [-0.25, -0.2) is 18.1 Å². The Morgan fingerprint density at radius 1 is 1.27 bits per heavy atom. The number of imidazole rings is 1. The normalized spacial score (nSPS) is 15.6. The second-order valence-corrected chi connectivity index (χ2v) is 9.77. The van der Waals surface area contributed by atoms with Crippen molar-refractivity contribution in [3.63, 3.8) is 0 Å². The van der Waals surface area contributed by atoms with E-state index in [1.165, 1.54) is 0 Å². The number of aryl methyl sites for hydroxylation is 2. The highest BCUT2D eigenvalue weighted by molar-refractivity contribution is 7.89. The topological polar surface area (TPSA) is 113 Å². The van der Waals surface area contributed by atoms with E-state index < -0.39 is 10.0 Å². The first-order chi connectivity index (χ1) is 14.3. The monoisotopic (exact) mass is 431 g/mol.